The monoisotopic (exact) mass is 282 g/mol. The second kappa shape index (κ2) is 6.44. The Hall–Kier alpha value is -2.29. The van der Waals surface area contributed by atoms with E-state index < -0.39 is 6.29 Å². The highest BCUT2D eigenvalue weighted by Crippen LogP contribution is 2.31. The molecule has 3 nitrogen and oxygen atoms in total. The molecule has 0 bridgehead atoms. The minimum Gasteiger partial charge on any atom is -0.450 e. The molecule has 0 aromatic heterocycles. The molecule has 0 aliphatic heterocycles. The van der Waals surface area contributed by atoms with Crippen molar-refractivity contribution in [3.8, 4) is 5.75 Å². The highest BCUT2D eigenvalue weighted by atomic mass is 16.7. The lowest BCUT2D eigenvalue weighted by atomic mass is 9.86. The van der Waals surface area contributed by atoms with Gasteiger partial charge in [0.05, 0.1) is 5.92 Å². The number of carbonyl (C=O) groups excluding carboxylic acids is 1. The third-order valence-electron chi connectivity index (χ3n) is 3.72. The SMILES string of the molecule is O=C(OC(Oc1ccccc1)c1ccccc1)C1CCC1. The second-order valence-electron chi connectivity index (χ2n) is 5.24. The minimum atomic E-state index is -0.693. The molecule has 3 rings (SSSR count). The summed E-state index contributed by atoms with van der Waals surface area (Å²) < 4.78 is 11.4. The molecule has 21 heavy (non-hydrogen) atoms. The molecular formula is C18H18O3. The predicted octanol–water partition coefficient (Wildman–Crippen LogP) is 4.11. The van der Waals surface area contributed by atoms with E-state index >= 15 is 0 Å². The number of benzene rings is 2. The summed E-state index contributed by atoms with van der Waals surface area (Å²) in [5, 5.41) is 0. The summed E-state index contributed by atoms with van der Waals surface area (Å²) in [6.45, 7) is 0. The van der Waals surface area contributed by atoms with Crippen molar-refractivity contribution in [3.05, 3.63) is 66.2 Å². The fraction of sp³-hybridized carbons (Fsp3) is 0.278. The van der Waals surface area contributed by atoms with Gasteiger partial charge in [0.1, 0.15) is 5.75 Å². The molecule has 0 N–H and O–H groups in total. The van der Waals surface area contributed by atoms with Gasteiger partial charge in [0, 0.05) is 5.56 Å². The van der Waals surface area contributed by atoms with E-state index in [0.29, 0.717) is 5.75 Å². The molecule has 2 aromatic rings. The first kappa shape index (κ1) is 13.7. The van der Waals surface area contributed by atoms with Crippen LogP contribution in [0.25, 0.3) is 0 Å². The van der Waals surface area contributed by atoms with Crippen LogP contribution in [0.4, 0.5) is 0 Å². The van der Waals surface area contributed by atoms with E-state index in [1.165, 1.54) is 0 Å². The van der Waals surface area contributed by atoms with Crippen molar-refractivity contribution in [3.63, 3.8) is 0 Å². The Morgan fingerprint density at radius 1 is 0.952 bits per heavy atom. The van der Waals surface area contributed by atoms with E-state index in [2.05, 4.69) is 0 Å². The summed E-state index contributed by atoms with van der Waals surface area (Å²) in [6.07, 6.45) is 2.26. The van der Waals surface area contributed by atoms with Gasteiger partial charge < -0.3 is 9.47 Å². The van der Waals surface area contributed by atoms with Gasteiger partial charge in [-0.15, -0.1) is 0 Å². The lowest BCUT2D eigenvalue weighted by molar-refractivity contribution is -0.172. The van der Waals surface area contributed by atoms with Gasteiger partial charge in [0.15, 0.2) is 0 Å². The Kier molecular flexibility index (Phi) is 4.20. The van der Waals surface area contributed by atoms with E-state index in [4.69, 9.17) is 9.47 Å². The maximum absolute atomic E-state index is 12.1. The summed E-state index contributed by atoms with van der Waals surface area (Å²) in [4.78, 5) is 12.1. The van der Waals surface area contributed by atoms with Crippen molar-refractivity contribution in [2.45, 2.75) is 25.6 Å². The molecule has 1 fully saturated rings. The Balaban J connectivity index is 1.75. The number of carbonyl (C=O) groups is 1. The molecule has 1 atom stereocenters. The molecule has 108 valence electrons. The Morgan fingerprint density at radius 2 is 1.57 bits per heavy atom. The summed E-state index contributed by atoms with van der Waals surface area (Å²) >= 11 is 0. The highest BCUT2D eigenvalue weighted by Gasteiger charge is 2.30. The van der Waals surface area contributed by atoms with Crippen molar-refractivity contribution >= 4 is 5.97 Å². The fourth-order valence-corrected chi connectivity index (χ4v) is 2.24. The standard InChI is InChI=1S/C18H18O3/c19-17(14-10-7-11-14)21-18(15-8-3-1-4-9-15)20-16-12-5-2-6-13-16/h1-6,8-9,12-14,18H,7,10-11H2. The van der Waals surface area contributed by atoms with E-state index in [1.54, 1.807) is 0 Å². The first-order chi connectivity index (χ1) is 10.3. The molecule has 0 saturated heterocycles. The van der Waals surface area contributed by atoms with Crippen LogP contribution in [0.5, 0.6) is 5.75 Å². The number of para-hydroxylation sites is 1. The lowest BCUT2D eigenvalue weighted by Gasteiger charge is -2.26. The molecule has 1 unspecified atom stereocenters. The number of rotatable bonds is 5. The zero-order chi connectivity index (χ0) is 14.5. The maximum atomic E-state index is 12.1. The van der Waals surface area contributed by atoms with Crippen LogP contribution < -0.4 is 4.74 Å². The van der Waals surface area contributed by atoms with E-state index in [9.17, 15) is 4.79 Å². The van der Waals surface area contributed by atoms with Crippen LogP contribution >= 0.6 is 0 Å². The second-order valence-corrected chi connectivity index (χ2v) is 5.24. The highest BCUT2D eigenvalue weighted by molar-refractivity contribution is 5.73. The van der Waals surface area contributed by atoms with E-state index in [1.807, 2.05) is 60.7 Å². The number of hydrogen-bond acceptors (Lipinski definition) is 3. The lowest BCUT2D eigenvalue weighted by Crippen LogP contribution is -2.27. The number of ether oxygens (including phenoxy) is 2. The quantitative estimate of drug-likeness (QED) is 0.611. The molecule has 0 amide bonds. The van der Waals surface area contributed by atoms with Gasteiger partial charge in [-0.1, -0.05) is 55.0 Å². The molecule has 1 aliphatic rings. The average Bonchev–Trinajstić information content (AvgIpc) is 2.47. The zero-order valence-corrected chi connectivity index (χ0v) is 11.8. The van der Waals surface area contributed by atoms with Gasteiger partial charge in [0.25, 0.3) is 6.29 Å². The largest absolute Gasteiger partial charge is 0.450 e. The molecule has 1 aliphatic carbocycles. The summed E-state index contributed by atoms with van der Waals surface area (Å²) in [6, 6.07) is 19.0. The molecule has 0 radical (unpaired) electrons. The zero-order valence-electron chi connectivity index (χ0n) is 11.8. The number of hydrogen-bond donors (Lipinski definition) is 0. The first-order valence-electron chi connectivity index (χ1n) is 7.30. The topological polar surface area (TPSA) is 35.5 Å². The van der Waals surface area contributed by atoms with Crippen molar-refractivity contribution in [2.24, 2.45) is 5.92 Å². The van der Waals surface area contributed by atoms with Crippen LogP contribution in [0.3, 0.4) is 0 Å². The summed E-state index contributed by atoms with van der Waals surface area (Å²) in [7, 11) is 0. The minimum absolute atomic E-state index is 0.0376. The van der Waals surface area contributed by atoms with Gasteiger partial charge in [-0.05, 0) is 25.0 Å². The molecular weight excluding hydrogens is 264 g/mol. The first-order valence-corrected chi connectivity index (χ1v) is 7.30. The molecule has 1 saturated carbocycles. The van der Waals surface area contributed by atoms with Crippen molar-refractivity contribution in [1.82, 2.24) is 0 Å². The van der Waals surface area contributed by atoms with Crippen LogP contribution in [-0.4, -0.2) is 5.97 Å². The van der Waals surface area contributed by atoms with Gasteiger partial charge in [-0.2, -0.15) is 0 Å². The summed E-state index contributed by atoms with van der Waals surface area (Å²) in [5.41, 5.74) is 0.842. The van der Waals surface area contributed by atoms with E-state index in [-0.39, 0.29) is 11.9 Å². The smallest absolute Gasteiger partial charge is 0.312 e. The molecule has 0 spiro atoms. The van der Waals surface area contributed by atoms with Crippen LogP contribution in [-0.2, 0) is 9.53 Å². The maximum Gasteiger partial charge on any atom is 0.312 e. The Bertz CT molecular complexity index is 576. The molecule has 3 heteroatoms. The Labute approximate surface area is 124 Å². The van der Waals surface area contributed by atoms with Gasteiger partial charge >= 0.3 is 5.97 Å². The van der Waals surface area contributed by atoms with Crippen molar-refractivity contribution < 1.29 is 14.3 Å². The number of esters is 1. The predicted molar refractivity (Wildman–Crippen MR) is 79.7 cm³/mol. The summed E-state index contributed by atoms with van der Waals surface area (Å²) in [5.74, 6) is 0.564. The van der Waals surface area contributed by atoms with Crippen molar-refractivity contribution in [1.29, 1.82) is 0 Å². The van der Waals surface area contributed by atoms with Crippen LogP contribution in [0.2, 0.25) is 0 Å². The molecule has 2 aromatic carbocycles. The van der Waals surface area contributed by atoms with Crippen LogP contribution in [0, 0.1) is 5.92 Å². The van der Waals surface area contributed by atoms with Gasteiger partial charge in [-0.25, -0.2) is 0 Å². The third-order valence-corrected chi connectivity index (χ3v) is 3.72. The third kappa shape index (κ3) is 3.43. The normalized spacial score (nSPS) is 15.8. The van der Waals surface area contributed by atoms with Gasteiger partial charge in [-0.3, -0.25) is 4.79 Å². The van der Waals surface area contributed by atoms with Crippen LogP contribution in [0.1, 0.15) is 31.1 Å². The molecule has 0 heterocycles. The van der Waals surface area contributed by atoms with E-state index in [0.717, 1.165) is 24.8 Å². The van der Waals surface area contributed by atoms with Gasteiger partial charge in [0.2, 0.25) is 0 Å². The van der Waals surface area contributed by atoms with Crippen molar-refractivity contribution in [2.75, 3.05) is 0 Å². The van der Waals surface area contributed by atoms with Crippen LogP contribution in [0.15, 0.2) is 60.7 Å². The average molecular weight is 282 g/mol. The fourth-order valence-electron chi connectivity index (χ4n) is 2.24. The Morgan fingerprint density at radius 3 is 2.14 bits per heavy atom.